The van der Waals surface area contributed by atoms with Crippen LogP contribution in [0.5, 0.6) is 0 Å². The van der Waals surface area contributed by atoms with Crippen LogP contribution < -0.4 is 16.0 Å². The highest BCUT2D eigenvalue weighted by atomic mass is 16.5. The number of likely N-dealkylation sites (tertiary alicyclic amines) is 1. The number of carbonyl (C=O) groups excluding carboxylic acids is 1. The van der Waals surface area contributed by atoms with Crippen LogP contribution in [0.4, 0.5) is 5.69 Å². The van der Waals surface area contributed by atoms with Gasteiger partial charge in [0.15, 0.2) is 5.96 Å². The molecule has 0 bridgehead atoms. The number of anilines is 1. The van der Waals surface area contributed by atoms with Crippen LogP contribution in [0.2, 0.25) is 0 Å². The van der Waals surface area contributed by atoms with Crippen LogP contribution in [0.25, 0.3) is 0 Å². The van der Waals surface area contributed by atoms with Crippen LogP contribution in [0.1, 0.15) is 51.0 Å². The minimum atomic E-state index is -0.317. The van der Waals surface area contributed by atoms with Gasteiger partial charge in [-0.25, -0.2) is 0 Å². The predicted octanol–water partition coefficient (Wildman–Crippen LogP) is 2.73. The second-order valence-electron chi connectivity index (χ2n) is 8.28. The SMILES string of the molecule is CN=C(NCCCN1CCCCC1C)NCc1cccc(NC(=O)C2CCCO2)c1. The number of hydrogen-bond acceptors (Lipinski definition) is 4. The number of piperidine rings is 1. The van der Waals surface area contributed by atoms with E-state index in [0.29, 0.717) is 19.2 Å². The van der Waals surface area contributed by atoms with Gasteiger partial charge in [-0.05, 0) is 63.3 Å². The molecule has 2 unspecified atom stereocenters. The minimum absolute atomic E-state index is 0.0573. The van der Waals surface area contributed by atoms with E-state index in [1.807, 2.05) is 24.3 Å². The molecule has 2 saturated heterocycles. The maximum Gasteiger partial charge on any atom is 0.253 e. The highest BCUT2D eigenvalue weighted by Crippen LogP contribution is 2.17. The van der Waals surface area contributed by atoms with Gasteiger partial charge < -0.3 is 25.6 Å². The van der Waals surface area contributed by atoms with Crippen molar-refractivity contribution in [1.29, 1.82) is 0 Å². The Labute approximate surface area is 180 Å². The summed E-state index contributed by atoms with van der Waals surface area (Å²) in [6.45, 7) is 6.92. The first-order chi connectivity index (χ1) is 14.7. The number of amides is 1. The topological polar surface area (TPSA) is 78.0 Å². The lowest BCUT2D eigenvalue weighted by Gasteiger charge is -2.33. The van der Waals surface area contributed by atoms with Crippen molar-refractivity contribution in [1.82, 2.24) is 15.5 Å². The Kier molecular flexibility index (Phi) is 8.96. The summed E-state index contributed by atoms with van der Waals surface area (Å²) < 4.78 is 5.45. The van der Waals surface area contributed by atoms with Crippen LogP contribution >= 0.6 is 0 Å². The van der Waals surface area contributed by atoms with E-state index in [1.54, 1.807) is 7.05 Å². The van der Waals surface area contributed by atoms with Crippen molar-refractivity contribution in [3.05, 3.63) is 29.8 Å². The van der Waals surface area contributed by atoms with Crippen molar-refractivity contribution in [2.75, 3.05) is 38.6 Å². The second kappa shape index (κ2) is 11.9. The molecule has 0 aliphatic carbocycles. The van der Waals surface area contributed by atoms with E-state index in [9.17, 15) is 4.79 Å². The van der Waals surface area contributed by atoms with Gasteiger partial charge in [0, 0.05) is 45.0 Å². The summed E-state index contributed by atoms with van der Waals surface area (Å²) in [6.07, 6.45) is 6.55. The molecule has 0 saturated carbocycles. The summed E-state index contributed by atoms with van der Waals surface area (Å²) >= 11 is 0. The standard InChI is InChI=1S/C23H37N5O2/c1-18-8-3-4-13-28(18)14-7-12-25-23(24-2)26-17-19-9-5-10-20(16-19)27-22(29)21-11-6-15-30-21/h5,9-10,16,18,21H,3-4,6-8,11-15,17H2,1-2H3,(H,27,29)(H2,24,25,26). The summed E-state index contributed by atoms with van der Waals surface area (Å²) in [6, 6.07) is 8.61. The normalized spacial score (nSPS) is 22.7. The van der Waals surface area contributed by atoms with E-state index in [-0.39, 0.29) is 12.0 Å². The molecule has 2 heterocycles. The molecule has 2 aliphatic heterocycles. The maximum atomic E-state index is 12.2. The lowest BCUT2D eigenvalue weighted by molar-refractivity contribution is -0.124. The van der Waals surface area contributed by atoms with E-state index in [1.165, 1.54) is 25.8 Å². The van der Waals surface area contributed by atoms with Crippen molar-refractivity contribution < 1.29 is 9.53 Å². The molecule has 0 aromatic heterocycles. The third-order valence-corrected chi connectivity index (χ3v) is 5.96. The molecule has 1 amide bonds. The molecule has 2 atom stereocenters. The monoisotopic (exact) mass is 415 g/mol. The lowest BCUT2D eigenvalue weighted by Crippen LogP contribution is -2.41. The number of nitrogens with one attached hydrogen (secondary N) is 3. The van der Waals surface area contributed by atoms with E-state index >= 15 is 0 Å². The molecule has 0 radical (unpaired) electrons. The average molecular weight is 416 g/mol. The van der Waals surface area contributed by atoms with Crippen molar-refractivity contribution in [2.45, 2.75) is 64.1 Å². The number of rotatable bonds is 8. The quantitative estimate of drug-likeness (QED) is 0.346. The van der Waals surface area contributed by atoms with Crippen LogP contribution in [0.15, 0.2) is 29.3 Å². The highest BCUT2D eigenvalue weighted by molar-refractivity contribution is 5.94. The van der Waals surface area contributed by atoms with E-state index < -0.39 is 0 Å². The smallest absolute Gasteiger partial charge is 0.253 e. The number of benzene rings is 1. The van der Waals surface area contributed by atoms with Crippen LogP contribution in [-0.4, -0.2) is 62.2 Å². The largest absolute Gasteiger partial charge is 0.368 e. The van der Waals surface area contributed by atoms with Crippen LogP contribution in [0, 0.1) is 0 Å². The highest BCUT2D eigenvalue weighted by Gasteiger charge is 2.23. The molecule has 3 rings (SSSR count). The summed E-state index contributed by atoms with van der Waals surface area (Å²) in [7, 11) is 1.79. The molecule has 7 heteroatoms. The molecule has 166 valence electrons. The maximum absolute atomic E-state index is 12.2. The van der Waals surface area contributed by atoms with Crippen LogP contribution in [-0.2, 0) is 16.1 Å². The van der Waals surface area contributed by atoms with Gasteiger partial charge in [-0.1, -0.05) is 18.6 Å². The van der Waals surface area contributed by atoms with Crippen molar-refractivity contribution in [3.63, 3.8) is 0 Å². The fourth-order valence-corrected chi connectivity index (χ4v) is 4.15. The first-order valence-electron chi connectivity index (χ1n) is 11.4. The van der Waals surface area contributed by atoms with E-state index in [4.69, 9.17) is 4.74 Å². The lowest BCUT2D eigenvalue weighted by atomic mass is 10.0. The molecule has 30 heavy (non-hydrogen) atoms. The van der Waals surface area contributed by atoms with Gasteiger partial charge in [0.2, 0.25) is 0 Å². The van der Waals surface area contributed by atoms with E-state index in [2.05, 4.69) is 32.8 Å². The fourth-order valence-electron chi connectivity index (χ4n) is 4.15. The number of nitrogens with zero attached hydrogens (tertiary/aromatic N) is 2. The van der Waals surface area contributed by atoms with Gasteiger partial charge in [-0.3, -0.25) is 9.79 Å². The van der Waals surface area contributed by atoms with Crippen LogP contribution in [0.3, 0.4) is 0 Å². The Morgan fingerprint density at radius 3 is 2.90 bits per heavy atom. The molecule has 1 aromatic carbocycles. The summed E-state index contributed by atoms with van der Waals surface area (Å²) in [5.41, 5.74) is 1.89. The molecule has 2 fully saturated rings. The van der Waals surface area contributed by atoms with Crippen molar-refractivity contribution >= 4 is 17.6 Å². The van der Waals surface area contributed by atoms with Gasteiger partial charge in [-0.15, -0.1) is 0 Å². The number of aliphatic imine (C=N–C) groups is 1. The first kappa shape index (κ1) is 22.6. The van der Waals surface area contributed by atoms with Gasteiger partial charge in [-0.2, -0.15) is 0 Å². The summed E-state index contributed by atoms with van der Waals surface area (Å²) in [5.74, 6) is 0.744. The molecule has 1 aromatic rings. The Bertz CT molecular complexity index is 703. The predicted molar refractivity (Wildman–Crippen MR) is 122 cm³/mol. The Morgan fingerprint density at radius 2 is 2.13 bits per heavy atom. The molecule has 7 nitrogen and oxygen atoms in total. The summed E-state index contributed by atoms with van der Waals surface area (Å²) in [5, 5.41) is 9.72. The fraction of sp³-hybridized carbons (Fsp3) is 0.652. The van der Waals surface area contributed by atoms with Crippen molar-refractivity contribution in [2.24, 2.45) is 4.99 Å². The third kappa shape index (κ3) is 6.99. The molecule has 3 N–H and O–H groups in total. The van der Waals surface area contributed by atoms with Crippen molar-refractivity contribution in [3.8, 4) is 0 Å². The zero-order valence-electron chi connectivity index (χ0n) is 18.5. The minimum Gasteiger partial charge on any atom is -0.368 e. The molecule has 0 spiro atoms. The van der Waals surface area contributed by atoms with Gasteiger partial charge in [0.25, 0.3) is 5.91 Å². The Hall–Kier alpha value is -2.12. The Morgan fingerprint density at radius 1 is 1.23 bits per heavy atom. The third-order valence-electron chi connectivity index (χ3n) is 5.96. The average Bonchev–Trinajstić information content (AvgIpc) is 3.30. The number of hydrogen-bond donors (Lipinski definition) is 3. The van der Waals surface area contributed by atoms with Gasteiger partial charge in [0.05, 0.1) is 0 Å². The molecular weight excluding hydrogens is 378 g/mol. The number of guanidine groups is 1. The summed E-state index contributed by atoms with van der Waals surface area (Å²) in [4.78, 5) is 19.2. The van der Waals surface area contributed by atoms with Gasteiger partial charge in [0.1, 0.15) is 6.10 Å². The first-order valence-corrected chi connectivity index (χ1v) is 11.4. The number of carbonyl (C=O) groups is 1. The number of ether oxygens (including phenoxy) is 1. The van der Waals surface area contributed by atoms with Gasteiger partial charge >= 0.3 is 0 Å². The molecular formula is C23H37N5O2. The molecule has 2 aliphatic rings. The second-order valence-corrected chi connectivity index (χ2v) is 8.28. The zero-order valence-corrected chi connectivity index (χ0v) is 18.5. The Balaban J connectivity index is 1.38. The zero-order chi connectivity index (χ0) is 21.2. The van der Waals surface area contributed by atoms with E-state index in [0.717, 1.165) is 49.6 Å².